The molecule has 124 valence electrons. The standard InChI is InChI=1S/C14H12IN5O3S/c1-3-22-12(21)11-7(2)17-14(24-11)20-13-18-8(4-10(15)19-13)9-5-16-6-23-9/h4-6H,3H2,1-2H3,(H,17,18,19,20). The van der Waals surface area contributed by atoms with Crippen molar-refractivity contribution < 1.29 is 13.9 Å². The lowest BCUT2D eigenvalue weighted by Gasteiger charge is -2.03. The van der Waals surface area contributed by atoms with Gasteiger partial charge in [0.05, 0.1) is 18.5 Å². The molecule has 3 heterocycles. The number of rotatable bonds is 5. The first-order valence-electron chi connectivity index (χ1n) is 6.92. The summed E-state index contributed by atoms with van der Waals surface area (Å²) in [6, 6.07) is 1.78. The van der Waals surface area contributed by atoms with Crippen molar-refractivity contribution in [1.29, 1.82) is 0 Å². The van der Waals surface area contributed by atoms with Gasteiger partial charge >= 0.3 is 5.97 Å². The molecule has 0 atom stereocenters. The first kappa shape index (κ1) is 16.8. The molecule has 0 unspecified atom stereocenters. The van der Waals surface area contributed by atoms with Crippen molar-refractivity contribution in [3.63, 3.8) is 0 Å². The highest BCUT2D eigenvalue weighted by atomic mass is 127. The van der Waals surface area contributed by atoms with Crippen molar-refractivity contribution >= 4 is 51.0 Å². The Morgan fingerprint density at radius 3 is 2.96 bits per heavy atom. The van der Waals surface area contributed by atoms with Gasteiger partial charge in [-0.15, -0.1) is 0 Å². The van der Waals surface area contributed by atoms with Gasteiger partial charge in [0.1, 0.15) is 14.3 Å². The molecule has 0 amide bonds. The van der Waals surface area contributed by atoms with Crippen molar-refractivity contribution in [1.82, 2.24) is 19.9 Å². The molecule has 0 saturated heterocycles. The fourth-order valence-electron chi connectivity index (χ4n) is 1.87. The molecular formula is C14H12IN5O3S. The van der Waals surface area contributed by atoms with Crippen LogP contribution in [0.25, 0.3) is 11.5 Å². The van der Waals surface area contributed by atoms with Crippen LogP contribution in [0, 0.1) is 10.6 Å². The summed E-state index contributed by atoms with van der Waals surface area (Å²) in [5, 5.41) is 3.53. The normalized spacial score (nSPS) is 10.6. The molecule has 0 spiro atoms. The van der Waals surface area contributed by atoms with Gasteiger partial charge in [-0.05, 0) is 42.5 Å². The summed E-state index contributed by atoms with van der Waals surface area (Å²) in [5.41, 5.74) is 1.20. The second-order valence-electron chi connectivity index (χ2n) is 4.54. The van der Waals surface area contributed by atoms with Crippen LogP contribution < -0.4 is 5.32 Å². The summed E-state index contributed by atoms with van der Waals surface area (Å²) in [5.74, 6) is 0.518. The number of thiazole rings is 1. The number of halogens is 1. The lowest BCUT2D eigenvalue weighted by molar-refractivity contribution is 0.0531. The number of nitrogens with one attached hydrogen (secondary N) is 1. The zero-order valence-electron chi connectivity index (χ0n) is 12.7. The second kappa shape index (κ2) is 7.21. The number of anilines is 2. The number of hydrogen-bond acceptors (Lipinski definition) is 9. The molecule has 0 fully saturated rings. The summed E-state index contributed by atoms with van der Waals surface area (Å²) in [7, 11) is 0. The third-order valence-corrected chi connectivity index (χ3v) is 4.46. The molecule has 0 aliphatic heterocycles. The van der Waals surface area contributed by atoms with E-state index in [-0.39, 0.29) is 5.97 Å². The fraction of sp³-hybridized carbons (Fsp3) is 0.214. The Kier molecular flexibility index (Phi) is 5.04. The minimum absolute atomic E-state index is 0.319. The molecule has 0 bridgehead atoms. The van der Waals surface area contributed by atoms with Crippen LogP contribution in [0.5, 0.6) is 0 Å². The van der Waals surface area contributed by atoms with Crippen LogP contribution in [-0.4, -0.2) is 32.5 Å². The maximum atomic E-state index is 11.9. The Balaban J connectivity index is 1.86. The number of aryl methyl sites for hydroxylation is 1. The number of oxazole rings is 1. The Morgan fingerprint density at radius 2 is 2.25 bits per heavy atom. The van der Waals surface area contributed by atoms with Gasteiger partial charge in [0.25, 0.3) is 0 Å². The number of hydrogen-bond donors (Lipinski definition) is 1. The van der Waals surface area contributed by atoms with Crippen molar-refractivity contribution in [3.8, 4) is 11.5 Å². The summed E-state index contributed by atoms with van der Waals surface area (Å²) >= 11 is 3.28. The third kappa shape index (κ3) is 3.70. The highest BCUT2D eigenvalue weighted by Crippen LogP contribution is 2.27. The van der Waals surface area contributed by atoms with Crippen LogP contribution in [-0.2, 0) is 4.74 Å². The second-order valence-corrected chi connectivity index (χ2v) is 6.65. The lowest BCUT2D eigenvalue weighted by Crippen LogP contribution is -2.03. The van der Waals surface area contributed by atoms with E-state index in [0.717, 1.165) is 3.70 Å². The Bertz CT molecular complexity index is 865. The van der Waals surface area contributed by atoms with Crippen LogP contribution in [0.2, 0.25) is 0 Å². The first-order chi connectivity index (χ1) is 11.6. The minimum atomic E-state index is -0.383. The van der Waals surface area contributed by atoms with Gasteiger partial charge in [-0.25, -0.2) is 24.7 Å². The number of ether oxygens (including phenoxy) is 1. The summed E-state index contributed by atoms with van der Waals surface area (Å²) < 4.78 is 11.0. The van der Waals surface area contributed by atoms with Crippen molar-refractivity contribution in [3.05, 3.63) is 32.9 Å². The van der Waals surface area contributed by atoms with Gasteiger partial charge in [-0.1, -0.05) is 11.3 Å². The molecule has 8 nitrogen and oxygen atoms in total. The minimum Gasteiger partial charge on any atom is -0.462 e. The molecule has 0 aliphatic rings. The van der Waals surface area contributed by atoms with Crippen LogP contribution in [0.1, 0.15) is 22.3 Å². The van der Waals surface area contributed by atoms with E-state index < -0.39 is 0 Å². The highest BCUT2D eigenvalue weighted by Gasteiger charge is 2.17. The largest absolute Gasteiger partial charge is 0.462 e. The SMILES string of the molecule is CCOC(=O)c1sc(Nc2nc(I)cc(-c3cnco3)n2)nc1C. The van der Waals surface area contributed by atoms with Crippen LogP contribution in [0.4, 0.5) is 11.1 Å². The van der Waals surface area contributed by atoms with Gasteiger partial charge in [0.2, 0.25) is 5.95 Å². The fourth-order valence-corrected chi connectivity index (χ4v) is 3.25. The molecule has 0 saturated carbocycles. The maximum absolute atomic E-state index is 11.9. The molecule has 3 aromatic heterocycles. The first-order valence-corrected chi connectivity index (χ1v) is 8.81. The third-order valence-electron chi connectivity index (χ3n) is 2.86. The van der Waals surface area contributed by atoms with Crippen molar-refractivity contribution in [2.75, 3.05) is 11.9 Å². The average molecular weight is 457 g/mol. The van der Waals surface area contributed by atoms with Gasteiger partial charge in [0.15, 0.2) is 17.3 Å². The molecule has 10 heteroatoms. The average Bonchev–Trinajstić information content (AvgIpc) is 3.17. The Hall–Kier alpha value is -2.08. The predicted molar refractivity (Wildman–Crippen MR) is 96.3 cm³/mol. The van der Waals surface area contributed by atoms with Crippen molar-refractivity contribution in [2.24, 2.45) is 0 Å². The number of carbonyl (C=O) groups excluding carboxylic acids is 1. The Labute approximate surface area is 154 Å². The van der Waals surface area contributed by atoms with Gasteiger partial charge in [-0.3, -0.25) is 5.32 Å². The van der Waals surface area contributed by atoms with E-state index in [9.17, 15) is 4.79 Å². The maximum Gasteiger partial charge on any atom is 0.350 e. The van der Waals surface area contributed by atoms with Gasteiger partial charge in [-0.2, -0.15) is 0 Å². The molecule has 3 rings (SSSR count). The topological polar surface area (TPSA) is 103 Å². The lowest BCUT2D eigenvalue weighted by atomic mass is 10.3. The Morgan fingerprint density at radius 1 is 1.42 bits per heavy atom. The van der Waals surface area contributed by atoms with Gasteiger partial charge < -0.3 is 9.15 Å². The molecule has 24 heavy (non-hydrogen) atoms. The summed E-state index contributed by atoms with van der Waals surface area (Å²) in [6.45, 7) is 3.83. The molecule has 3 aromatic rings. The monoisotopic (exact) mass is 457 g/mol. The smallest absolute Gasteiger partial charge is 0.350 e. The van der Waals surface area contributed by atoms with E-state index in [0.29, 0.717) is 39.7 Å². The van der Waals surface area contributed by atoms with Crippen LogP contribution in [0.3, 0.4) is 0 Å². The zero-order chi connectivity index (χ0) is 17.1. The summed E-state index contributed by atoms with van der Waals surface area (Å²) in [6.07, 6.45) is 2.92. The van der Waals surface area contributed by atoms with Crippen molar-refractivity contribution in [2.45, 2.75) is 13.8 Å². The van der Waals surface area contributed by atoms with Crippen LogP contribution in [0.15, 0.2) is 23.1 Å². The van der Waals surface area contributed by atoms with E-state index in [2.05, 4.69) is 47.8 Å². The van der Waals surface area contributed by atoms with Crippen LogP contribution >= 0.6 is 33.9 Å². The number of carbonyl (C=O) groups is 1. The number of nitrogens with zero attached hydrogens (tertiary/aromatic N) is 4. The highest BCUT2D eigenvalue weighted by molar-refractivity contribution is 14.1. The summed E-state index contributed by atoms with van der Waals surface area (Å²) in [4.78, 5) is 29.2. The molecule has 0 radical (unpaired) electrons. The quantitative estimate of drug-likeness (QED) is 0.353. The molecular weight excluding hydrogens is 445 g/mol. The van der Waals surface area contributed by atoms with E-state index in [1.807, 2.05) is 0 Å². The van der Waals surface area contributed by atoms with E-state index in [1.54, 1.807) is 26.1 Å². The van der Waals surface area contributed by atoms with Gasteiger partial charge in [0, 0.05) is 0 Å². The van der Waals surface area contributed by atoms with E-state index in [4.69, 9.17) is 9.15 Å². The number of aromatic nitrogens is 4. The molecule has 0 aromatic carbocycles. The van der Waals surface area contributed by atoms with E-state index >= 15 is 0 Å². The molecule has 0 aliphatic carbocycles. The predicted octanol–water partition coefficient (Wildman–Crippen LogP) is 3.42. The zero-order valence-corrected chi connectivity index (χ0v) is 15.7. The molecule has 1 N–H and O–H groups in total. The number of esters is 1. The van der Waals surface area contributed by atoms with E-state index in [1.165, 1.54) is 17.7 Å².